The van der Waals surface area contributed by atoms with Crippen molar-refractivity contribution in [2.24, 2.45) is 0 Å². The van der Waals surface area contributed by atoms with Crippen LogP contribution in [0.1, 0.15) is 48.9 Å². The SMILES string of the molecule is O=C(CCCCCCCNC(=O)c1cc([N+](=O)[O-])cc([N+](=O)[O-])c1N(CCCl)CCCl)NO. The second-order valence-electron chi connectivity index (χ2n) is 7.05. The Morgan fingerprint density at radius 3 is 2.12 bits per heavy atom. The minimum Gasteiger partial charge on any atom is -0.363 e. The molecule has 0 aromatic heterocycles. The van der Waals surface area contributed by atoms with E-state index in [1.165, 1.54) is 4.90 Å². The number of hydrogen-bond acceptors (Lipinski definition) is 8. The molecule has 0 atom stereocenters. The molecule has 3 N–H and O–H groups in total. The lowest BCUT2D eigenvalue weighted by atomic mass is 10.1. The van der Waals surface area contributed by atoms with Crippen LogP contribution in [-0.4, -0.2) is 58.3 Å². The van der Waals surface area contributed by atoms with E-state index in [0.717, 1.165) is 31.4 Å². The van der Waals surface area contributed by atoms with Gasteiger partial charge in [-0.05, 0) is 12.8 Å². The zero-order chi connectivity index (χ0) is 24.8. The first kappa shape index (κ1) is 28.3. The fraction of sp³-hybridized carbons (Fsp3) is 0.579. The second-order valence-corrected chi connectivity index (χ2v) is 7.80. The fourth-order valence-electron chi connectivity index (χ4n) is 3.19. The highest BCUT2D eigenvalue weighted by Gasteiger charge is 2.30. The summed E-state index contributed by atoms with van der Waals surface area (Å²) in [4.78, 5) is 46.6. The summed E-state index contributed by atoms with van der Waals surface area (Å²) in [6, 6.07) is 1.83. The number of anilines is 1. The molecule has 0 bridgehead atoms. The topological polar surface area (TPSA) is 168 Å². The Labute approximate surface area is 200 Å². The highest BCUT2D eigenvalue weighted by atomic mass is 35.5. The summed E-state index contributed by atoms with van der Waals surface area (Å²) in [5, 5.41) is 34.0. The van der Waals surface area contributed by atoms with Gasteiger partial charge in [-0.15, -0.1) is 23.2 Å². The predicted octanol–water partition coefficient (Wildman–Crippen LogP) is 3.36. The number of amides is 2. The number of nitro groups is 2. The van der Waals surface area contributed by atoms with Crippen LogP contribution >= 0.6 is 23.2 Å². The van der Waals surface area contributed by atoms with Gasteiger partial charge in [0.2, 0.25) is 5.91 Å². The Hall–Kier alpha value is -2.70. The van der Waals surface area contributed by atoms with Gasteiger partial charge in [0.1, 0.15) is 5.69 Å². The van der Waals surface area contributed by atoms with Crippen molar-refractivity contribution >= 4 is 52.1 Å². The molecular weight excluding hydrogens is 481 g/mol. The first-order valence-corrected chi connectivity index (χ1v) is 11.4. The number of nitrogens with one attached hydrogen (secondary N) is 2. The largest absolute Gasteiger partial charge is 0.363 e. The number of nitro benzene ring substituents is 2. The van der Waals surface area contributed by atoms with E-state index < -0.39 is 33.0 Å². The van der Waals surface area contributed by atoms with Crippen molar-refractivity contribution in [3.05, 3.63) is 37.9 Å². The van der Waals surface area contributed by atoms with E-state index in [1.54, 1.807) is 5.48 Å². The maximum absolute atomic E-state index is 12.9. The molecule has 0 radical (unpaired) electrons. The van der Waals surface area contributed by atoms with E-state index in [4.69, 9.17) is 28.4 Å². The lowest BCUT2D eigenvalue weighted by Crippen LogP contribution is -2.32. The molecule has 0 aliphatic carbocycles. The molecule has 0 saturated carbocycles. The lowest BCUT2D eigenvalue weighted by molar-refractivity contribution is -0.393. The second kappa shape index (κ2) is 15.2. The average molecular weight is 508 g/mol. The van der Waals surface area contributed by atoms with Crippen LogP contribution in [0.4, 0.5) is 17.1 Å². The summed E-state index contributed by atoms with van der Waals surface area (Å²) in [5.41, 5.74) is 0.166. The Bertz CT molecular complexity index is 835. The molecule has 1 rings (SSSR count). The number of halogens is 2. The van der Waals surface area contributed by atoms with Gasteiger partial charge in [-0.3, -0.25) is 35.0 Å². The van der Waals surface area contributed by atoms with Gasteiger partial charge < -0.3 is 10.2 Å². The number of nitrogens with zero attached hydrogens (tertiary/aromatic N) is 3. The van der Waals surface area contributed by atoms with Crippen LogP contribution in [0.15, 0.2) is 12.1 Å². The van der Waals surface area contributed by atoms with Crippen LogP contribution in [0.3, 0.4) is 0 Å². The molecule has 184 valence electrons. The molecule has 0 aliphatic heterocycles. The van der Waals surface area contributed by atoms with Gasteiger partial charge in [0.05, 0.1) is 21.5 Å². The Morgan fingerprint density at radius 1 is 0.970 bits per heavy atom. The summed E-state index contributed by atoms with van der Waals surface area (Å²) in [6.07, 6.45) is 3.79. The smallest absolute Gasteiger partial charge is 0.300 e. The van der Waals surface area contributed by atoms with Gasteiger partial charge in [0, 0.05) is 43.9 Å². The molecule has 0 aliphatic rings. The molecular formula is C19H27Cl2N5O7. The molecule has 0 fully saturated rings. The standard InChI is InChI=1S/C19H27Cl2N5O7/c20-7-10-24(11-8-21)18-15(12-14(25(30)31)13-16(18)26(32)33)19(28)22-9-5-3-1-2-4-6-17(27)23-29/h12-13,29H,1-11H2,(H,22,28)(H,23,27). The van der Waals surface area contributed by atoms with Crippen LogP contribution in [0, 0.1) is 20.2 Å². The lowest BCUT2D eigenvalue weighted by Gasteiger charge is -2.24. The first-order valence-electron chi connectivity index (χ1n) is 10.3. The van der Waals surface area contributed by atoms with E-state index in [9.17, 15) is 29.8 Å². The molecule has 1 aromatic carbocycles. The first-order chi connectivity index (χ1) is 15.8. The van der Waals surface area contributed by atoms with Crippen LogP contribution in [-0.2, 0) is 4.79 Å². The summed E-state index contributed by atoms with van der Waals surface area (Å²) in [5.74, 6) is -0.912. The van der Waals surface area contributed by atoms with Gasteiger partial charge in [-0.25, -0.2) is 5.48 Å². The van der Waals surface area contributed by atoms with Gasteiger partial charge in [0.15, 0.2) is 0 Å². The predicted molar refractivity (Wildman–Crippen MR) is 123 cm³/mol. The van der Waals surface area contributed by atoms with E-state index in [-0.39, 0.29) is 49.1 Å². The molecule has 0 spiro atoms. The van der Waals surface area contributed by atoms with Gasteiger partial charge >= 0.3 is 0 Å². The monoisotopic (exact) mass is 507 g/mol. The van der Waals surface area contributed by atoms with Crippen molar-refractivity contribution < 1.29 is 24.6 Å². The maximum Gasteiger partial charge on any atom is 0.300 e. The summed E-state index contributed by atoms with van der Waals surface area (Å²) < 4.78 is 0. The third-order valence-corrected chi connectivity index (χ3v) is 5.08. The van der Waals surface area contributed by atoms with Crippen molar-refractivity contribution in [2.45, 2.75) is 38.5 Å². The number of carbonyl (C=O) groups is 2. The summed E-state index contributed by atoms with van der Waals surface area (Å²) in [7, 11) is 0. The zero-order valence-corrected chi connectivity index (χ0v) is 19.4. The number of rotatable bonds is 16. The molecule has 0 unspecified atom stereocenters. The summed E-state index contributed by atoms with van der Waals surface area (Å²) >= 11 is 11.6. The minimum atomic E-state index is -0.794. The van der Waals surface area contributed by atoms with Crippen LogP contribution in [0.2, 0.25) is 0 Å². The third-order valence-electron chi connectivity index (χ3n) is 4.74. The number of carbonyl (C=O) groups excluding carboxylic acids is 2. The van der Waals surface area contributed by atoms with Crippen molar-refractivity contribution in [3.63, 3.8) is 0 Å². The Morgan fingerprint density at radius 2 is 1.58 bits per heavy atom. The van der Waals surface area contributed by atoms with Crippen molar-refractivity contribution in [1.29, 1.82) is 0 Å². The third kappa shape index (κ3) is 9.36. The molecule has 12 nitrogen and oxygen atoms in total. The molecule has 0 heterocycles. The normalized spacial score (nSPS) is 10.5. The van der Waals surface area contributed by atoms with E-state index in [2.05, 4.69) is 5.32 Å². The zero-order valence-electron chi connectivity index (χ0n) is 17.9. The number of hydroxylamine groups is 1. The van der Waals surface area contributed by atoms with E-state index in [0.29, 0.717) is 12.8 Å². The van der Waals surface area contributed by atoms with Crippen molar-refractivity contribution in [1.82, 2.24) is 10.8 Å². The number of benzene rings is 1. The fourth-order valence-corrected chi connectivity index (χ4v) is 3.60. The van der Waals surface area contributed by atoms with Gasteiger partial charge in [-0.1, -0.05) is 19.3 Å². The maximum atomic E-state index is 12.9. The average Bonchev–Trinajstić information content (AvgIpc) is 2.79. The van der Waals surface area contributed by atoms with Gasteiger partial charge in [-0.2, -0.15) is 0 Å². The minimum absolute atomic E-state index is 0.0634. The summed E-state index contributed by atoms with van der Waals surface area (Å²) in [6.45, 7) is 0.569. The van der Waals surface area contributed by atoms with E-state index >= 15 is 0 Å². The Balaban J connectivity index is 2.95. The van der Waals surface area contributed by atoms with Crippen molar-refractivity contribution in [3.8, 4) is 0 Å². The Kier molecular flexibility index (Phi) is 13.0. The molecule has 2 amide bonds. The van der Waals surface area contributed by atoms with Gasteiger partial charge in [0.25, 0.3) is 17.3 Å². The number of non-ortho nitro benzene ring substituents is 1. The number of alkyl halides is 2. The highest BCUT2D eigenvalue weighted by Crippen LogP contribution is 2.36. The number of hydrogen-bond donors (Lipinski definition) is 3. The van der Waals surface area contributed by atoms with Crippen LogP contribution in [0.25, 0.3) is 0 Å². The highest BCUT2D eigenvalue weighted by molar-refractivity contribution is 6.18. The quantitative estimate of drug-likeness (QED) is 0.100. The molecule has 14 heteroatoms. The van der Waals surface area contributed by atoms with Crippen molar-refractivity contribution in [2.75, 3.05) is 36.3 Å². The molecule has 0 saturated heterocycles. The number of unbranched alkanes of at least 4 members (excludes halogenated alkanes) is 4. The van der Waals surface area contributed by atoms with Crippen LogP contribution in [0.5, 0.6) is 0 Å². The van der Waals surface area contributed by atoms with Crippen LogP contribution < -0.4 is 15.7 Å². The molecule has 33 heavy (non-hydrogen) atoms. The molecule has 1 aromatic rings. The van der Waals surface area contributed by atoms with E-state index in [1.807, 2.05) is 0 Å².